The molecule has 3 rings (SSSR count). The molecule has 0 radical (unpaired) electrons. The van der Waals surface area contributed by atoms with Crippen molar-refractivity contribution in [2.45, 2.75) is 31.8 Å². The zero-order chi connectivity index (χ0) is 12.7. The number of rotatable bonds is 2. The lowest BCUT2D eigenvalue weighted by molar-refractivity contribution is 0.00742. The molecule has 1 aromatic rings. The molecule has 94 valence electrons. The molecule has 8 nitrogen and oxygen atoms in total. The topological polar surface area (TPSA) is 102 Å². The molecule has 0 aliphatic carbocycles. The highest BCUT2D eigenvalue weighted by molar-refractivity contribution is 5.13. The average molecular weight is 249 g/mol. The highest BCUT2D eigenvalue weighted by Gasteiger charge is 2.42. The van der Waals surface area contributed by atoms with Crippen LogP contribution in [0, 0.1) is 6.92 Å². The van der Waals surface area contributed by atoms with Crippen molar-refractivity contribution in [3.63, 3.8) is 0 Å². The Morgan fingerprint density at radius 3 is 3.33 bits per heavy atom. The van der Waals surface area contributed by atoms with Crippen LogP contribution in [0.2, 0.25) is 0 Å². The molecule has 0 amide bonds. The highest BCUT2D eigenvalue weighted by Crippen LogP contribution is 2.37. The van der Waals surface area contributed by atoms with Crippen molar-refractivity contribution >= 4 is 0 Å². The summed E-state index contributed by atoms with van der Waals surface area (Å²) in [6.07, 6.45) is 1.65. The summed E-state index contributed by atoms with van der Waals surface area (Å²) in [4.78, 5) is 18.0. The van der Waals surface area contributed by atoms with Gasteiger partial charge in [0.05, 0.1) is 6.54 Å². The lowest BCUT2D eigenvalue weighted by atomic mass is 10.1. The Balaban J connectivity index is 1.94. The van der Waals surface area contributed by atoms with Gasteiger partial charge >= 0.3 is 6.01 Å². The number of fused-ring (bicyclic) bond motifs is 4. The number of aryl methyl sites for hydroxylation is 1. The van der Waals surface area contributed by atoms with E-state index in [-0.39, 0.29) is 36.6 Å². The Bertz CT molecular complexity index is 592. The van der Waals surface area contributed by atoms with E-state index in [0.717, 1.165) is 0 Å². The molecule has 0 unspecified atom stereocenters. The van der Waals surface area contributed by atoms with Gasteiger partial charge in [-0.2, -0.15) is 4.98 Å². The van der Waals surface area contributed by atoms with Gasteiger partial charge in [-0.05, 0) is 12.5 Å². The molecule has 0 N–H and O–H groups in total. The largest absolute Gasteiger partial charge is 0.458 e. The van der Waals surface area contributed by atoms with Gasteiger partial charge in [0.2, 0.25) is 0 Å². The van der Waals surface area contributed by atoms with Crippen molar-refractivity contribution in [3.8, 4) is 6.01 Å². The van der Waals surface area contributed by atoms with E-state index in [1.165, 1.54) is 0 Å². The van der Waals surface area contributed by atoms with Crippen molar-refractivity contribution in [2.75, 3.05) is 6.54 Å². The van der Waals surface area contributed by atoms with Crippen LogP contribution in [-0.2, 0) is 4.74 Å². The number of hydrogen-bond acceptors (Lipinski definition) is 5. The highest BCUT2D eigenvalue weighted by atomic mass is 16.6. The molecule has 1 saturated heterocycles. The van der Waals surface area contributed by atoms with Crippen LogP contribution >= 0.6 is 0 Å². The lowest BCUT2D eigenvalue weighted by Crippen LogP contribution is -2.32. The maximum Gasteiger partial charge on any atom is 0.302 e. The summed E-state index contributed by atoms with van der Waals surface area (Å²) in [6.45, 7) is 1.91. The minimum Gasteiger partial charge on any atom is -0.458 e. The van der Waals surface area contributed by atoms with Gasteiger partial charge in [-0.15, -0.1) is 0 Å². The molecule has 18 heavy (non-hydrogen) atoms. The second-order valence-electron chi connectivity index (χ2n) is 4.35. The first-order valence-electron chi connectivity index (χ1n) is 5.62. The fourth-order valence-corrected chi connectivity index (χ4v) is 2.26. The normalized spacial score (nSPS) is 28.2. The third kappa shape index (κ3) is 1.62. The Labute approximate surface area is 102 Å². The first-order chi connectivity index (χ1) is 8.69. The predicted octanol–water partition coefficient (Wildman–Crippen LogP) is 0.911. The van der Waals surface area contributed by atoms with Gasteiger partial charge in [0.15, 0.2) is 0 Å². The molecular formula is C10H11N5O3. The van der Waals surface area contributed by atoms with E-state index < -0.39 is 0 Å². The third-order valence-electron chi connectivity index (χ3n) is 3.16. The maximum absolute atomic E-state index is 11.5. The molecule has 3 heterocycles. The monoisotopic (exact) mass is 249 g/mol. The van der Waals surface area contributed by atoms with Crippen LogP contribution in [0.4, 0.5) is 0 Å². The van der Waals surface area contributed by atoms with Gasteiger partial charge in [-0.25, -0.2) is 0 Å². The van der Waals surface area contributed by atoms with Crippen molar-refractivity contribution < 1.29 is 9.47 Å². The van der Waals surface area contributed by atoms with E-state index in [9.17, 15) is 4.79 Å². The fourth-order valence-electron chi connectivity index (χ4n) is 2.26. The number of nitrogens with zero attached hydrogens (tertiary/aromatic N) is 5. The van der Waals surface area contributed by atoms with Crippen LogP contribution in [0.15, 0.2) is 16.1 Å². The zero-order valence-electron chi connectivity index (χ0n) is 9.68. The molecule has 0 aromatic carbocycles. The summed E-state index contributed by atoms with van der Waals surface area (Å²) in [7, 11) is 0. The van der Waals surface area contributed by atoms with Gasteiger partial charge in [-0.1, -0.05) is 5.11 Å². The Hall–Kier alpha value is -2.05. The summed E-state index contributed by atoms with van der Waals surface area (Å²) >= 11 is 0. The van der Waals surface area contributed by atoms with Crippen molar-refractivity contribution in [3.05, 3.63) is 32.6 Å². The van der Waals surface area contributed by atoms with Crippen LogP contribution in [0.25, 0.3) is 10.4 Å². The van der Waals surface area contributed by atoms with Gasteiger partial charge in [0, 0.05) is 23.1 Å². The molecule has 8 heteroatoms. The van der Waals surface area contributed by atoms with Crippen LogP contribution in [-0.4, -0.2) is 28.3 Å². The Morgan fingerprint density at radius 2 is 2.56 bits per heavy atom. The summed E-state index contributed by atoms with van der Waals surface area (Å²) < 4.78 is 13.1. The molecule has 2 aliphatic heterocycles. The summed E-state index contributed by atoms with van der Waals surface area (Å²) in [5.74, 6) is 0. The van der Waals surface area contributed by atoms with E-state index in [1.807, 2.05) is 0 Å². The van der Waals surface area contributed by atoms with Crippen molar-refractivity contribution in [1.82, 2.24) is 9.55 Å². The van der Waals surface area contributed by atoms with Gasteiger partial charge in [0.1, 0.15) is 18.4 Å². The smallest absolute Gasteiger partial charge is 0.302 e. The molecule has 3 atom stereocenters. The Morgan fingerprint density at radius 1 is 1.72 bits per heavy atom. The fraction of sp³-hybridized carbons (Fsp3) is 0.600. The van der Waals surface area contributed by atoms with Crippen LogP contribution in [0.5, 0.6) is 6.01 Å². The van der Waals surface area contributed by atoms with Gasteiger partial charge in [0.25, 0.3) is 5.56 Å². The molecule has 0 spiro atoms. The van der Waals surface area contributed by atoms with Crippen LogP contribution in [0.3, 0.4) is 0 Å². The van der Waals surface area contributed by atoms with E-state index in [2.05, 4.69) is 15.0 Å². The number of ether oxygens (including phenoxy) is 2. The molecule has 2 bridgehead atoms. The first kappa shape index (κ1) is 11.1. The first-order valence-corrected chi connectivity index (χ1v) is 5.62. The number of hydrogen-bond donors (Lipinski definition) is 0. The van der Waals surface area contributed by atoms with E-state index in [0.29, 0.717) is 12.0 Å². The predicted molar refractivity (Wildman–Crippen MR) is 60.2 cm³/mol. The lowest BCUT2D eigenvalue weighted by Gasteiger charge is -2.23. The minimum atomic E-state index is -0.297. The van der Waals surface area contributed by atoms with Crippen LogP contribution < -0.4 is 10.3 Å². The minimum absolute atomic E-state index is 0.204. The quantitative estimate of drug-likeness (QED) is 0.441. The standard InChI is InChI=1S/C10H11N5O3/c1-5-4-15-8-2-6(7(17-8)3-12-14-11)18-10(15)13-9(5)16/h4,6-8H,2-3H2,1H3/t6-,7-,8-/m1/s1. The maximum atomic E-state index is 11.5. The molecule has 1 aromatic heterocycles. The molecule has 1 fully saturated rings. The summed E-state index contributed by atoms with van der Waals surface area (Å²) in [5.41, 5.74) is 8.56. The summed E-state index contributed by atoms with van der Waals surface area (Å²) in [6, 6.07) is 0.273. The second kappa shape index (κ2) is 4.01. The van der Waals surface area contributed by atoms with E-state index >= 15 is 0 Å². The van der Waals surface area contributed by atoms with E-state index in [1.54, 1.807) is 17.7 Å². The van der Waals surface area contributed by atoms with Crippen molar-refractivity contribution in [2.24, 2.45) is 5.11 Å². The number of aromatic nitrogens is 2. The van der Waals surface area contributed by atoms with Gasteiger partial charge in [-0.3, -0.25) is 9.36 Å². The molecule has 2 aliphatic rings. The number of azide groups is 1. The zero-order valence-corrected chi connectivity index (χ0v) is 9.68. The third-order valence-corrected chi connectivity index (χ3v) is 3.16. The van der Waals surface area contributed by atoms with Crippen LogP contribution in [0.1, 0.15) is 18.2 Å². The Kier molecular flexibility index (Phi) is 2.46. The summed E-state index contributed by atoms with van der Waals surface area (Å²) in [5, 5.41) is 3.50. The van der Waals surface area contributed by atoms with Crippen molar-refractivity contribution in [1.29, 1.82) is 0 Å². The van der Waals surface area contributed by atoms with Gasteiger partial charge < -0.3 is 9.47 Å². The van der Waals surface area contributed by atoms with E-state index in [4.69, 9.17) is 15.0 Å². The molecular weight excluding hydrogens is 238 g/mol. The second-order valence-corrected chi connectivity index (χ2v) is 4.35. The molecule has 0 saturated carbocycles. The average Bonchev–Trinajstić information content (AvgIpc) is 2.68. The SMILES string of the molecule is Cc1cn2c(nc1=O)O[C@@H]1C[C@H]2O[C@@H]1CN=[N+]=[N-].